The molecule has 0 unspecified atom stereocenters. The molecule has 2 aromatic rings. The fourth-order valence-electron chi connectivity index (χ4n) is 4.52. The molecule has 0 N–H and O–H groups in total. The van der Waals surface area contributed by atoms with Gasteiger partial charge in [-0.1, -0.05) is 55.0 Å². The predicted molar refractivity (Wildman–Crippen MR) is 97.8 cm³/mol. The zero-order valence-corrected chi connectivity index (χ0v) is 14.2. The van der Waals surface area contributed by atoms with Crippen molar-refractivity contribution in [2.75, 3.05) is 19.6 Å². The van der Waals surface area contributed by atoms with Crippen molar-refractivity contribution < 1.29 is 0 Å². The minimum atomic E-state index is -0.469. The van der Waals surface area contributed by atoms with E-state index in [1.54, 1.807) is 0 Å². The zero-order chi connectivity index (χ0) is 16.4. The van der Waals surface area contributed by atoms with Crippen LogP contribution in [0.4, 0.5) is 0 Å². The molecular weight excluding hydrogens is 292 g/mol. The van der Waals surface area contributed by atoms with Crippen LogP contribution in [0, 0.1) is 11.3 Å². The van der Waals surface area contributed by atoms with E-state index in [4.69, 9.17) is 0 Å². The third-order valence-electron chi connectivity index (χ3n) is 5.73. The minimum absolute atomic E-state index is 0.469. The van der Waals surface area contributed by atoms with Crippen molar-refractivity contribution in [3.8, 4) is 17.2 Å². The van der Waals surface area contributed by atoms with Gasteiger partial charge in [0.1, 0.15) is 5.41 Å². The molecule has 0 amide bonds. The Morgan fingerprint density at radius 2 is 1.46 bits per heavy atom. The number of likely N-dealkylation sites (tertiary alicyclic amines) is 1. The van der Waals surface area contributed by atoms with E-state index in [0.717, 1.165) is 19.4 Å². The summed E-state index contributed by atoms with van der Waals surface area (Å²) in [5, 5.41) is 10.2. The van der Waals surface area contributed by atoms with Crippen LogP contribution in [0.1, 0.15) is 43.2 Å². The second-order valence-electron chi connectivity index (χ2n) is 7.11. The highest BCUT2D eigenvalue weighted by Crippen LogP contribution is 2.50. The Hall–Kier alpha value is -2.11. The van der Waals surface area contributed by atoms with Crippen molar-refractivity contribution in [1.82, 2.24) is 4.90 Å². The summed E-state index contributed by atoms with van der Waals surface area (Å²) >= 11 is 0. The molecule has 2 aromatic carbocycles. The molecule has 2 heteroatoms. The van der Waals surface area contributed by atoms with Crippen molar-refractivity contribution in [2.45, 2.75) is 37.5 Å². The Kier molecular flexibility index (Phi) is 4.12. The molecule has 122 valence electrons. The van der Waals surface area contributed by atoms with Crippen LogP contribution < -0.4 is 0 Å². The topological polar surface area (TPSA) is 27.0 Å². The largest absolute Gasteiger partial charge is 0.303 e. The van der Waals surface area contributed by atoms with Crippen molar-refractivity contribution in [1.29, 1.82) is 5.26 Å². The minimum Gasteiger partial charge on any atom is -0.303 e. The summed E-state index contributed by atoms with van der Waals surface area (Å²) in [7, 11) is 0. The number of rotatable bonds is 4. The van der Waals surface area contributed by atoms with E-state index < -0.39 is 5.41 Å². The highest BCUT2D eigenvalue weighted by molar-refractivity contribution is 5.82. The van der Waals surface area contributed by atoms with Crippen LogP contribution in [0.5, 0.6) is 0 Å². The second kappa shape index (κ2) is 6.42. The Labute approximate surface area is 144 Å². The maximum atomic E-state index is 10.2. The maximum absolute atomic E-state index is 10.2. The molecule has 1 saturated heterocycles. The monoisotopic (exact) mass is 316 g/mol. The highest BCUT2D eigenvalue weighted by atomic mass is 15.1. The molecule has 1 aliphatic heterocycles. The summed E-state index contributed by atoms with van der Waals surface area (Å²) < 4.78 is 0. The fraction of sp³-hybridized carbons (Fsp3) is 0.409. The van der Waals surface area contributed by atoms with Gasteiger partial charge < -0.3 is 4.90 Å². The Morgan fingerprint density at radius 3 is 2.04 bits per heavy atom. The van der Waals surface area contributed by atoms with Crippen molar-refractivity contribution in [2.24, 2.45) is 0 Å². The first-order valence-electron chi connectivity index (χ1n) is 9.18. The van der Waals surface area contributed by atoms with E-state index in [1.165, 1.54) is 54.6 Å². The number of benzene rings is 2. The van der Waals surface area contributed by atoms with Gasteiger partial charge in [-0.05, 0) is 67.6 Å². The summed E-state index contributed by atoms with van der Waals surface area (Å²) in [5.41, 5.74) is 4.42. The van der Waals surface area contributed by atoms with Crippen LogP contribution in [-0.4, -0.2) is 24.5 Å². The van der Waals surface area contributed by atoms with Crippen LogP contribution in [0.15, 0.2) is 48.5 Å². The van der Waals surface area contributed by atoms with E-state index in [0.29, 0.717) is 0 Å². The Morgan fingerprint density at radius 1 is 0.875 bits per heavy atom. The summed E-state index contributed by atoms with van der Waals surface area (Å²) in [5.74, 6) is 0. The van der Waals surface area contributed by atoms with Crippen molar-refractivity contribution >= 4 is 0 Å². The average molecular weight is 316 g/mol. The van der Waals surface area contributed by atoms with Crippen LogP contribution in [-0.2, 0) is 5.41 Å². The summed E-state index contributed by atoms with van der Waals surface area (Å²) in [6.07, 6.45) is 6.02. The van der Waals surface area contributed by atoms with Gasteiger partial charge in [0.2, 0.25) is 0 Å². The quantitative estimate of drug-likeness (QED) is 0.814. The van der Waals surface area contributed by atoms with Gasteiger partial charge in [0.05, 0.1) is 6.07 Å². The molecule has 2 nitrogen and oxygen atoms in total. The number of fused-ring (bicyclic) bond motifs is 3. The molecule has 2 aliphatic rings. The van der Waals surface area contributed by atoms with E-state index in [2.05, 4.69) is 59.5 Å². The second-order valence-corrected chi connectivity index (χ2v) is 7.11. The molecular formula is C22H24N2. The molecule has 1 aliphatic carbocycles. The van der Waals surface area contributed by atoms with Gasteiger partial charge in [-0.2, -0.15) is 5.26 Å². The SMILES string of the molecule is N#CC1(CCCN2CCCCC2)c2ccccc2-c2ccccc21. The summed E-state index contributed by atoms with van der Waals surface area (Å²) in [4.78, 5) is 2.57. The van der Waals surface area contributed by atoms with Gasteiger partial charge in [-0.3, -0.25) is 0 Å². The lowest BCUT2D eigenvalue weighted by molar-refractivity contribution is 0.222. The standard InChI is InChI=1S/C22H24N2/c23-17-22(13-8-16-24-14-6-1-7-15-24)20-11-4-2-9-18(20)19-10-3-5-12-21(19)22/h2-5,9-12H,1,6-8,13-16H2. The molecule has 0 bridgehead atoms. The molecule has 0 spiro atoms. The molecule has 0 aromatic heterocycles. The lowest BCUT2D eigenvalue weighted by Gasteiger charge is -2.29. The van der Waals surface area contributed by atoms with Gasteiger partial charge in [0, 0.05) is 0 Å². The number of hydrogen-bond acceptors (Lipinski definition) is 2. The first-order valence-corrected chi connectivity index (χ1v) is 9.18. The van der Waals surface area contributed by atoms with Crippen LogP contribution in [0.3, 0.4) is 0 Å². The summed E-state index contributed by atoms with van der Waals surface area (Å²) in [6, 6.07) is 19.6. The lowest BCUT2D eigenvalue weighted by Crippen LogP contribution is -2.32. The maximum Gasteiger partial charge on any atom is 0.108 e. The van der Waals surface area contributed by atoms with Crippen LogP contribution >= 0.6 is 0 Å². The zero-order valence-electron chi connectivity index (χ0n) is 14.2. The normalized spacial score (nSPS) is 18.6. The first-order chi connectivity index (χ1) is 11.8. The van der Waals surface area contributed by atoms with Crippen LogP contribution in [0.25, 0.3) is 11.1 Å². The van der Waals surface area contributed by atoms with Crippen molar-refractivity contribution in [3.05, 3.63) is 59.7 Å². The number of nitriles is 1. The molecule has 4 rings (SSSR count). The highest BCUT2D eigenvalue weighted by Gasteiger charge is 2.42. The summed E-state index contributed by atoms with van der Waals surface area (Å²) in [6.45, 7) is 3.58. The average Bonchev–Trinajstić information content (AvgIpc) is 2.94. The van der Waals surface area contributed by atoms with Gasteiger partial charge in [-0.15, -0.1) is 0 Å². The Bertz CT molecular complexity index is 720. The van der Waals surface area contributed by atoms with Gasteiger partial charge in [-0.25, -0.2) is 0 Å². The van der Waals surface area contributed by atoms with Gasteiger partial charge in [0.15, 0.2) is 0 Å². The Balaban J connectivity index is 1.62. The number of nitrogens with zero attached hydrogens (tertiary/aromatic N) is 2. The molecule has 1 heterocycles. The molecule has 0 radical (unpaired) electrons. The molecule has 0 atom stereocenters. The lowest BCUT2D eigenvalue weighted by atomic mass is 9.76. The van der Waals surface area contributed by atoms with Crippen LogP contribution in [0.2, 0.25) is 0 Å². The number of hydrogen-bond donors (Lipinski definition) is 0. The molecule has 1 fully saturated rings. The van der Waals surface area contributed by atoms with E-state index in [1.807, 2.05) is 0 Å². The third-order valence-corrected chi connectivity index (χ3v) is 5.73. The molecule has 0 saturated carbocycles. The van der Waals surface area contributed by atoms with E-state index >= 15 is 0 Å². The molecule has 24 heavy (non-hydrogen) atoms. The van der Waals surface area contributed by atoms with E-state index in [-0.39, 0.29) is 0 Å². The smallest absolute Gasteiger partial charge is 0.108 e. The third kappa shape index (κ3) is 2.44. The van der Waals surface area contributed by atoms with Gasteiger partial charge in [0.25, 0.3) is 0 Å². The first kappa shape index (κ1) is 15.4. The van der Waals surface area contributed by atoms with Crippen molar-refractivity contribution in [3.63, 3.8) is 0 Å². The number of piperidine rings is 1. The van der Waals surface area contributed by atoms with Gasteiger partial charge >= 0.3 is 0 Å². The predicted octanol–water partition coefficient (Wildman–Crippen LogP) is 4.74. The fourth-order valence-corrected chi connectivity index (χ4v) is 4.52. The van der Waals surface area contributed by atoms with E-state index in [9.17, 15) is 5.26 Å².